The van der Waals surface area contributed by atoms with Gasteiger partial charge in [-0.05, 0) is 16.2 Å². The van der Waals surface area contributed by atoms with Crippen LogP contribution in [0, 0.1) is 6.42 Å². The van der Waals surface area contributed by atoms with Crippen LogP contribution in [-0.2, 0) is 0 Å². The minimum atomic E-state index is -1.36. The van der Waals surface area contributed by atoms with Gasteiger partial charge in [0.05, 0.1) is 8.07 Å². The van der Waals surface area contributed by atoms with Crippen molar-refractivity contribution in [1.29, 1.82) is 0 Å². The molecule has 1 aromatic rings. The van der Waals surface area contributed by atoms with E-state index in [1.165, 1.54) is 11.1 Å². The molecule has 0 spiro atoms. The van der Waals surface area contributed by atoms with Crippen LogP contribution in [0.2, 0.25) is 18.1 Å². The zero-order valence-electron chi connectivity index (χ0n) is 11.0. The largest absolute Gasteiger partial charge is 0.0816 e. The average Bonchev–Trinajstić information content (AvgIpc) is 2.59. The summed E-state index contributed by atoms with van der Waals surface area (Å²) in [5.74, 6) is 0. The summed E-state index contributed by atoms with van der Waals surface area (Å²) in [5.41, 5.74) is 2.78. The Bertz CT molecular complexity index is 433. The van der Waals surface area contributed by atoms with E-state index in [0.29, 0.717) is 5.04 Å². The van der Waals surface area contributed by atoms with E-state index in [1.807, 2.05) is 0 Å². The molecule has 0 heterocycles. The third kappa shape index (κ3) is 1.78. The average molecular weight is 229 g/mol. The van der Waals surface area contributed by atoms with Gasteiger partial charge in [0.2, 0.25) is 0 Å². The molecule has 0 bridgehead atoms. The number of benzene rings is 1. The van der Waals surface area contributed by atoms with Gasteiger partial charge in [-0.25, -0.2) is 0 Å². The lowest BCUT2D eigenvalue weighted by Crippen LogP contribution is -2.39. The maximum Gasteiger partial charge on any atom is 0.0816 e. The fourth-order valence-corrected chi connectivity index (χ4v) is 3.84. The monoisotopic (exact) mass is 229 g/mol. The lowest BCUT2D eigenvalue weighted by atomic mass is 10.1. The Morgan fingerprint density at radius 2 is 1.50 bits per heavy atom. The van der Waals surface area contributed by atoms with Crippen LogP contribution >= 0.6 is 0 Å². The molecule has 1 aliphatic rings. The summed E-state index contributed by atoms with van der Waals surface area (Å²) in [6.07, 6.45) is 4.79. The lowest BCUT2D eigenvalue weighted by molar-refractivity contribution is 0.726. The van der Waals surface area contributed by atoms with Gasteiger partial charge in [0, 0.05) is 6.42 Å². The van der Waals surface area contributed by atoms with Crippen molar-refractivity contribution in [3.63, 3.8) is 0 Å². The number of hydrogen-bond donors (Lipinski definition) is 0. The summed E-state index contributed by atoms with van der Waals surface area (Å²) < 4.78 is 0. The predicted octanol–water partition coefficient (Wildman–Crippen LogP) is 4.68. The first-order valence-electron chi connectivity index (χ1n) is 5.98. The van der Waals surface area contributed by atoms with Gasteiger partial charge in [0.15, 0.2) is 0 Å². The van der Waals surface area contributed by atoms with Crippen LogP contribution in [0.15, 0.2) is 29.5 Å². The zero-order valence-corrected chi connectivity index (χ0v) is 12.0. The topological polar surface area (TPSA) is 0 Å². The van der Waals surface area contributed by atoms with Crippen molar-refractivity contribution in [1.82, 2.24) is 0 Å². The maximum absolute atomic E-state index is 2.47. The molecule has 1 heteroatoms. The van der Waals surface area contributed by atoms with Gasteiger partial charge >= 0.3 is 0 Å². The number of allylic oxidation sites excluding steroid dienone is 1. The van der Waals surface area contributed by atoms with Crippen molar-refractivity contribution >= 4 is 14.1 Å². The standard InChI is InChI=1S/C15H21Si/c1-15(2,3)16(4,5)14-10-12-8-6-7-9-13(12)11-14/h6-11H,1-5H3. The van der Waals surface area contributed by atoms with E-state index in [1.54, 1.807) is 5.20 Å². The lowest BCUT2D eigenvalue weighted by Gasteiger charge is -2.38. The third-order valence-electron chi connectivity index (χ3n) is 4.21. The molecule has 0 N–H and O–H groups in total. The van der Waals surface area contributed by atoms with E-state index >= 15 is 0 Å². The van der Waals surface area contributed by atoms with E-state index in [4.69, 9.17) is 0 Å². The van der Waals surface area contributed by atoms with Crippen molar-refractivity contribution in [2.45, 2.75) is 38.9 Å². The van der Waals surface area contributed by atoms with Crippen LogP contribution < -0.4 is 0 Å². The van der Waals surface area contributed by atoms with Gasteiger partial charge in [-0.1, -0.05) is 69.4 Å². The van der Waals surface area contributed by atoms with E-state index in [0.717, 1.165) is 0 Å². The summed E-state index contributed by atoms with van der Waals surface area (Å²) in [6, 6.07) is 8.67. The Balaban J connectivity index is 2.36. The quantitative estimate of drug-likeness (QED) is 0.613. The second kappa shape index (κ2) is 3.59. The van der Waals surface area contributed by atoms with E-state index in [2.05, 4.69) is 70.6 Å². The molecule has 16 heavy (non-hydrogen) atoms. The summed E-state index contributed by atoms with van der Waals surface area (Å²) in [5, 5.41) is 2.00. The van der Waals surface area contributed by atoms with Crippen molar-refractivity contribution < 1.29 is 0 Å². The minimum Gasteiger partial charge on any atom is -0.0714 e. The highest BCUT2D eigenvalue weighted by molar-refractivity contribution is 6.88. The van der Waals surface area contributed by atoms with Crippen LogP contribution in [0.3, 0.4) is 0 Å². The van der Waals surface area contributed by atoms with Crippen LogP contribution in [-0.4, -0.2) is 8.07 Å². The highest BCUT2D eigenvalue weighted by atomic mass is 28.3. The predicted molar refractivity (Wildman–Crippen MR) is 75.0 cm³/mol. The number of hydrogen-bond acceptors (Lipinski definition) is 0. The van der Waals surface area contributed by atoms with Gasteiger partial charge in [0.1, 0.15) is 0 Å². The Morgan fingerprint density at radius 1 is 0.938 bits per heavy atom. The number of fused-ring (bicyclic) bond motifs is 1. The molecule has 1 radical (unpaired) electrons. The van der Waals surface area contributed by atoms with Crippen molar-refractivity contribution in [2.24, 2.45) is 0 Å². The van der Waals surface area contributed by atoms with Crippen molar-refractivity contribution in [3.05, 3.63) is 47.0 Å². The molecule has 0 nitrogen and oxygen atoms in total. The SMILES string of the molecule is CC(C)(C)[Si](C)(C)C1=Cc2ccccc2[CH]1. The molecule has 85 valence electrons. The van der Waals surface area contributed by atoms with E-state index < -0.39 is 8.07 Å². The molecular formula is C15H21Si. The third-order valence-corrected chi connectivity index (χ3v) is 9.70. The molecule has 0 saturated heterocycles. The van der Waals surface area contributed by atoms with Crippen LogP contribution in [0.5, 0.6) is 0 Å². The molecule has 1 aliphatic carbocycles. The summed E-state index contributed by atoms with van der Waals surface area (Å²) >= 11 is 0. The zero-order chi connectivity index (χ0) is 12.0. The van der Waals surface area contributed by atoms with Gasteiger partial charge < -0.3 is 0 Å². The first kappa shape index (κ1) is 11.7. The van der Waals surface area contributed by atoms with Gasteiger partial charge in [0.25, 0.3) is 0 Å². The molecule has 0 unspecified atom stereocenters. The highest BCUT2D eigenvalue weighted by Crippen LogP contribution is 2.45. The minimum absolute atomic E-state index is 0.414. The fraction of sp³-hybridized carbons (Fsp3) is 0.400. The second-order valence-corrected chi connectivity index (χ2v) is 11.6. The Hall–Kier alpha value is -0.823. The van der Waals surface area contributed by atoms with Crippen molar-refractivity contribution in [2.75, 3.05) is 0 Å². The molecule has 2 rings (SSSR count). The molecule has 0 saturated carbocycles. The molecule has 0 fully saturated rings. The molecule has 0 aliphatic heterocycles. The van der Waals surface area contributed by atoms with Crippen LogP contribution in [0.4, 0.5) is 0 Å². The van der Waals surface area contributed by atoms with E-state index in [9.17, 15) is 0 Å². The van der Waals surface area contributed by atoms with Gasteiger partial charge in [-0.3, -0.25) is 0 Å². The summed E-state index contributed by atoms with van der Waals surface area (Å²) in [7, 11) is -1.36. The Morgan fingerprint density at radius 3 is 2.00 bits per heavy atom. The Labute approximate surface area is 100 Å². The van der Waals surface area contributed by atoms with Crippen LogP contribution in [0.1, 0.15) is 31.9 Å². The van der Waals surface area contributed by atoms with E-state index in [-0.39, 0.29) is 0 Å². The van der Waals surface area contributed by atoms with Gasteiger partial charge in [-0.15, -0.1) is 0 Å². The molecule has 0 amide bonds. The first-order chi connectivity index (χ1) is 7.32. The fourth-order valence-electron chi connectivity index (χ4n) is 1.94. The molecular weight excluding hydrogens is 208 g/mol. The summed E-state index contributed by atoms with van der Waals surface area (Å²) in [6.45, 7) is 12.1. The van der Waals surface area contributed by atoms with Gasteiger partial charge in [-0.2, -0.15) is 0 Å². The maximum atomic E-state index is 2.47. The van der Waals surface area contributed by atoms with Crippen molar-refractivity contribution in [3.8, 4) is 0 Å². The second-order valence-electron chi connectivity index (χ2n) is 6.25. The highest BCUT2D eigenvalue weighted by Gasteiger charge is 2.39. The Kier molecular flexibility index (Phi) is 2.62. The normalized spacial score (nSPS) is 15.9. The van der Waals surface area contributed by atoms with Crippen LogP contribution in [0.25, 0.3) is 6.08 Å². The smallest absolute Gasteiger partial charge is 0.0714 e. The number of rotatable bonds is 1. The first-order valence-corrected chi connectivity index (χ1v) is 8.98. The molecule has 0 aromatic heterocycles. The summed E-state index contributed by atoms with van der Waals surface area (Å²) in [4.78, 5) is 0. The molecule has 1 aromatic carbocycles. The molecule has 0 atom stereocenters.